The van der Waals surface area contributed by atoms with E-state index >= 15 is 0 Å². The first-order valence-corrected chi connectivity index (χ1v) is 7.45. The van der Waals surface area contributed by atoms with Gasteiger partial charge in [0.1, 0.15) is 5.75 Å². The summed E-state index contributed by atoms with van der Waals surface area (Å²) >= 11 is 0. The van der Waals surface area contributed by atoms with Crippen LogP contribution in [0.5, 0.6) is 5.75 Å². The fourth-order valence-corrected chi connectivity index (χ4v) is 2.35. The number of hydrogen-bond donors (Lipinski definition) is 2. The maximum absolute atomic E-state index is 10.4. The Hall–Kier alpha value is -2.13. The minimum atomic E-state index is -0.320. The monoisotopic (exact) mass is 297 g/mol. The number of rotatable bonds is 4. The van der Waals surface area contributed by atoms with Crippen molar-refractivity contribution in [2.45, 2.75) is 32.2 Å². The van der Waals surface area contributed by atoms with Gasteiger partial charge in [-0.1, -0.05) is 63.2 Å². The quantitative estimate of drug-likeness (QED) is 0.842. The summed E-state index contributed by atoms with van der Waals surface area (Å²) in [7, 11) is 0. The van der Waals surface area contributed by atoms with Gasteiger partial charge in [0.15, 0.2) is 0 Å². The Balaban J connectivity index is 2.30. The molecule has 0 aliphatic rings. The third-order valence-electron chi connectivity index (χ3n) is 3.63. The lowest BCUT2D eigenvalue weighted by molar-refractivity contribution is 0.269. The number of benzene rings is 2. The molecule has 22 heavy (non-hydrogen) atoms. The molecule has 0 fully saturated rings. The van der Waals surface area contributed by atoms with Gasteiger partial charge in [-0.05, 0) is 22.6 Å². The number of phenols is 1. The van der Waals surface area contributed by atoms with E-state index in [1.165, 1.54) is 0 Å². The summed E-state index contributed by atoms with van der Waals surface area (Å²) in [4.78, 5) is 4.43. The average molecular weight is 297 g/mol. The highest BCUT2D eigenvalue weighted by molar-refractivity contribution is 5.84. The molecular formula is C19H23NO2. The van der Waals surface area contributed by atoms with Gasteiger partial charge in [-0.2, -0.15) is 0 Å². The zero-order chi connectivity index (χ0) is 16.2. The van der Waals surface area contributed by atoms with Crippen LogP contribution < -0.4 is 0 Å². The van der Waals surface area contributed by atoms with E-state index in [9.17, 15) is 10.2 Å². The van der Waals surface area contributed by atoms with E-state index in [2.05, 4.69) is 25.8 Å². The zero-order valence-corrected chi connectivity index (χ0v) is 13.3. The smallest absolute Gasteiger partial charge is 0.128 e. The van der Waals surface area contributed by atoms with E-state index in [1.54, 1.807) is 6.21 Å². The Labute approximate surface area is 132 Å². The third-order valence-corrected chi connectivity index (χ3v) is 3.63. The van der Waals surface area contributed by atoms with Crippen LogP contribution in [0, 0.1) is 0 Å². The van der Waals surface area contributed by atoms with Gasteiger partial charge < -0.3 is 10.2 Å². The number of aliphatic imine (C=N–C) groups is 1. The van der Waals surface area contributed by atoms with Crippen LogP contribution in [0.4, 0.5) is 0 Å². The van der Waals surface area contributed by atoms with E-state index in [-0.39, 0.29) is 23.8 Å². The molecule has 0 bridgehead atoms. The lowest BCUT2D eigenvalue weighted by Gasteiger charge is -2.21. The highest BCUT2D eigenvalue weighted by atomic mass is 16.3. The average Bonchev–Trinajstić information content (AvgIpc) is 2.49. The lowest BCUT2D eigenvalue weighted by atomic mass is 9.85. The standard InChI is InChI=1S/C19H23NO2/c1-19(2,3)16-11-7-10-15(18(16)22)12-20-17(13-21)14-8-5-4-6-9-14/h4-12,17,21-22H,13H2,1-3H3/t17-/m0/s1. The van der Waals surface area contributed by atoms with Crippen molar-refractivity contribution in [3.05, 3.63) is 65.2 Å². The van der Waals surface area contributed by atoms with E-state index in [0.29, 0.717) is 5.56 Å². The minimum absolute atomic E-state index is 0.0692. The topological polar surface area (TPSA) is 52.8 Å². The second-order valence-electron chi connectivity index (χ2n) is 6.38. The molecule has 0 aromatic heterocycles. The highest BCUT2D eigenvalue weighted by Crippen LogP contribution is 2.32. The molecule has 0 saturated carbocycles. The predicted octanol–water partition coefficient (Wildman–Crippen LogP) is 3.84. The van der Waals surface area contributed by atoms with E-state index in [1.807, 2.05) is 48.5 Å². The number of para-hydroxylation sites is 1. The summed E-state index contributed by atoms with van der Waals surface area (Å²) < 4.78 is 0. The molecule has 2 N–H and O–H groups in total. The number of aromatic hydroxyl groups is 1. The fraction of sp³-hybridized carbons (Fsp3) is 0.316. The number of aliphatic hydroxyl groups is 1. The first kappa shape index (κ1) is 16.2. The second-order valence-corrected chi connectivity index (χ2v) is 6.38. The molecule has 0 aliphatic heterocycles. The number of nitrogens with zero attached hydrogens (tertiary/aromatic N) is 1. The van der Waals surface area contributed by atoms with Crippen LogP contribution in [0.25, 0.3) is 0 Å². The molecule has 2 aromatic carbocycles. The van der Waals surface area contributed by atoms with Gasteiger partial charge in [-0.15, -0.1) is 0 Å². The largest absolute Gasteiger partial charge is 0.507 e. The van der Waals surface area contributed by atoms with Crippen LogP contribution in [-0.4, -0.2) is 23.0 Å². The Morgan fingerprint density at radius 1 is 1.05 bits per heavy atom. The summed E-state index contributed by atoms with van der Waals surface area (Å²) in [5.74, 6) is 0.253. The summed E-state index contributed by atoms with van der Waals surface area (Å²) in [6.07, 6.45) is 1.64. The van der Waals surface area contributed by atoms with Crippen LogP contribution in [0.1, 0.15) is 43.5 Å². The molecule has 2 aromatic rings. The summed E-state index contributed by atoms with van der Waals surface area (Å²) in [5.41, 5.74) is 2.37. The number of hydrogen-bond acceptors (Lipinski definition) is 3. The van der Waals surface area contributed by atoms with E-state index < -0.39 is 0 Å². The highest BCUT2D eigenvalue weighted by Gasteiger charge is 2.19. The molecule has 3 nitrogen and oxygen atoms in total. The third kappa shape index (κ3) is 3.74. The summed E-state index contributed by atoms with van der Waals surface area (Å²) in [6.45, 7) is 6.11. The number of aliphatic hydroxyl groups excluding tert-OH is 1. The molecule has 0 heterocycles. The first-order valence-electron chi connectivity index (χ1n) is 7.45. The van der Waals surface area contributed by atoms with Crippen molar-refractivity contribution in [2.24, 2.45) is 4.99 Å². The van der Waals surface area contributed by atoms with E-state index in [4.69, 9.17) is 0 Å². The molecule has 0 radical (unpaired) electrons. The molecule has 1 atom stereocenters. The minimum Gasteiger partial charge on any atom is -0.507 e. The van der Waals surface area contributed by atoms with E-state index in [0.717, 1.165) is 11.1 Å². The van der Waals surface area contributed by atoms with Crippen molar-refractivity contribution in [3.8, 4) is 5.75 Å². The Morgan fingerprint density at radius 3 is 2.32 bits per heavy atom. The maximum Gasteiger partial charge on any atom is 0.128 e. The molecule has 0 unspecified atom stereocenters. The van der Waals surface area contributed by atoms with Crippen molar-refractivity contribution >= 4 is 6.21 Å². The van der Waals surface area contributed by atoms with Crippen LogP contribution in [-0.2, 0) is 5.41 Å². The Morgan fingerprint density at radius 2 is 1.73 bits per heavy atom. The van der Waals surface area contributed by atoms with Gasteiger partial charge in [0, 0.05) is 11.8 Å². The van der Waals surface area contributed by atoms with Gasteiger partial charge in [0.2, 0.25) is 0 Å². The summed E-state index contributed by atoms with van der Waals surface area (Å²) in [5, 5.41) is 20.0. The molecule has 0 aliphatic carbocycles. The van der Waals surface area contributed by atoms with Crippen LogP contribution in [0.2, 0.25) is 0 Å². The first-order chi connectivity index (χ1) is 10.4. The van der Waals surface area contributed by atoms with Gasteiger partial charge in [-0.25, -0.2) is 0 Å². The molecule has 0 saturated heterocycles. The second kappa shape index (κ2) is 6.75. The van der Waals surface area contributed by atoms with Gasteiger partial charge in [0.05, 0.1) is 12.6 Å². The van der Waals surface area contributed by atoms with Crippen LogP contribution in [0.3, 0.4) is 0 Å². The van der Waals surface area contributed by atoms with Crippen molar-refractivity contribution in [1.29, 1.82) is 0 Å². The molecular weight excluding hydrogens is 274 g/mol. The molecule has 2 rings (SSSR count). The van der Waals surface area contributed by atoms with Crippen molar-refractivity contribution in [2.75, 3.05) is 6.61 Å². The fourth-order valence-electron chi connectivity index (χ4n) is 2.35. The predicted molar refractivity (Wildman–Crippen MR) is 90.7 cm³/mol. The van der Waals surface area contributed by atoms with Gasteiger partial charge >= 0.3 is 0 Å². The Kier molecular flexibility index (Phi) is 4.99. The maximum atomic E-state index is 10.4. The molecule has 116 valence electrons. The Bertz CT molecular complexity index is 642. The van der Waals surface area contributed by atoms with Crippen molar-refractivity contribution in [1.82, 2.24) is 0 Å². The van der Waals surface area contributed by atoms with Crippen LogP contribution >= 0.6 is 0 Å². The molecule has 0 spiro atoms. The SMILES string of the molecule is CC(C)(C)c1cccc(C=N[C@@H](CO)c2ccccc2)c1O. The molecule has 0 amide bonds. The number of phenolic OH excluding ortho intramolecular Hbond substituents is 1. The lowest BCUT2D eigenvalue weighted by Crippen LogP contribution is -2.12. The van der Waals surface area contributed by atoms with Crippen LogP contribution in [0.15, 0.2) is 53.5 Å². The van der Waals surface area contributed by atoms with Crippen molar-refractivity contribution < 1.29 is 10.2 Å². The summed E-state index contributed by atoms with van der Waals surface area (Å²) in [6, 6.07) is 15.0. The van der Waals surface area contributed by atoms with Crippen molar-refractivity contribution in [3.63, 3.8) is 0 Å². The normalized spacial score (nSPS) is 13.5. The van der Waals surface area contributed by atoms with Gasteiger partial charge in [-0.3, -0.25) is 4.99 Å². The zero-order valence-electron chi connectivity index (χ0n) is 13.3. The molecule has 3 heteroatoms. The van der Waals surface area contributed by atoms with Gasteiger partial charge in [0.25, 0.3) is 0 Å².